The molecule has 0 spiro atoms. The molecular weight excluding hydrogens is 793 g/mol. The van der Waals surface area contributed by atoms with Gasteiger partial charge in [0.15, 0.2) is 6.10 Å². The summed E-state index contributed by atoms with van der Waals surface area (Å²) in [4.78, 5) is 37.9. The zero-order valence-corrected chi connectivity index (χ0v) is 43.1. The van der Waals surface area contributed by atoms with Crippen molar-refractivity contribution in [3.63, 3.8) is 0 Å². The first-order valence-corrected chi connectivity index (χ1v) is 28.3. The molecule has 0 aliphatic carbocycles. The van der Waals surface area contributed by atoms with Gasteiger partial charge in [-0.05, 0) is 51.4 Å². The molecule has 0 amide bonds. The Morgan fingerprint density at radius 2 is 0.562 bits per heavy atom. The van der Waals surface area contributed by atoms with Crippen molar-refractivity contribution >= 4 is 17.9 Å². The minimum atomic E-state index is -0.772. The highest BCUT2D eigenvalue weighted by atomic mass is 16.6. The summed E-state index contributed by atoms with van der Waals surface area (Å²) in [6, 6.07) is 0. The highest BCUT2D eigenvalue weighted by Gasteiger charge is 2.19. The van der Waals surface area contributed by atoms with Crippen molar-refractivity contribution in [2.24, 2.45) is 0 Å². The second kappa shape index (κ2) is 53.5. The molecule has 0 rings (SSSR count). The predicted molar refractivity (Wildman–Crippen MR) is 275 cm³/mol. The molecule has 6 nitrogen and oxygen atoms in total. The van der Waals surface area contributed by atoms with Gasteiger partial charge in [0.2, 0.25) is 0 Å². The molecule has 0 saturated heterocycles. The molecule has 0 aromatic carbocycles. The lowest BCUT2D eigenvalue weighted by Crippen LogP contribution is -2.30. The second-order valence-corrected chi connectivity index (χ2v) is 19.2. The Morgan fingerprint density at radius 1 is 0.312 bits per heavy atom. The van der Waals surface area contributed by atoms with E-state index in [2.05, 4.69) is 45.1 Å². The van der Waals surface area contributed by atoms with Crippen LogP contribution in [0.4, 0.5) is 0 Å². The summed E-state index contributed by atoms with van der Waals surface area (Å²) in [5.74, 6) is -0.874. The zero-order valence-electron chi connectivity index (χ0n) is 43.1. The SMILES string of the molecule is CCCCC/C=C\C/C=C\CCCCCCCC(=O)OC(COC(=O)CCCCCCCCCC)COC(=O)CCCCCCCCCCCCCCCCCCCCCCCCC. The van der Waals surface area contributed by atoms with Crippen molar-refractivity contribution in [3.05, 3.63) is 24.3 Å². The first-order chi connectivity index (χ1) is 31.5. The van der Waals surface area contributed by atoms with Crippen LogP contribution in [0.25, 0.3) is 0 Å². The van der Waals surface area contributed by atoms with E-state index < -0.39 is 6.10 Å². The van der Waals surface area contributed by atoms with Crippen LogP contribution in [0.5, 0.6) is 0 Å². The second-order valence-electron chi connectivity index (χ2n) is 19.2. The normalized spacial score (nSPS) is 12.1. The Morgan fingerprint density at radius 3 is 0.891 bits per heavy atom. The predicted octanol–water partition coefficient (Wildman–Crippen LogP) is 18.7. The molecule has 1 unspecified atom stereocenters. The van der Waals surface area contributed by atoms with Crippen molar-refractivity contribution in [1.82, 2.24) is 0 Å². The monoisotopic (exact) mass is 901 g/mol. The van der Waals surface area contributed by atoms with Crippen LogP contribution in [0.2, 0.25) is 0 Å². The van der Waals surface area contributed by atoms with E-state index in [1.165, 1.54) is 193 Å². The van der Waals surface area contributed by atoms with Gasteiger partial charge in [0.1, 0.15) is 13.2 Å². The first kappa shape index (κ1) is 61.9. The third kappa shape index (κ3) is 50.9. The fourth-order valence-corrected chi connectivity index (χ4v) is 8.42. The topological polar surface area (TPSA) is 78.9 Å². The van der Waals surface area contributed by atoms with Gasteiger partial charge in [0.25, 0.3) is 0 Å². The minimum absolute atomic E-state index is 0.0723. The molecule has 0 N–H and O–H groups in total. The summed E-state index contributed by atoms with van der Waals surface area (Å²) < 4.78 is 16.8. The smallest absolute Gasteiger partial charge is 0.306 e. The van der Waals surface area contributed by atoms with E-state index in [-0.39, 0.29) is 31.1 Å². The lowest BCUT2D eigenvalue weighted by molar-refractivity contribution is -0.167. The van der Waals surface area contributed by atoms with Gasteiger partial charge in [-0.2, -0.15) is 0 Å². The summed E-state index contributed by atoms with van der Waals surface area (Å²) in [6.07, 6.45) is 61.9. The summed E-state index contributed by atoms with van der Waals surface area (Å²) in [6.45, 7) is 6.61. The van der Waals surface area contributed by atoms with E-state index >= 15 is 0 Å². The molecule has 6 heteroatoms. The largest absolute Gasteiger partial charge is 0.462 e. The first-order valence-electron chi connectivity index (χ1n) is 28.3. The van der Waals surface area contributed by atoms with Crippen molar-refractivity contribution < 1.29 is 28.6 Å². The van der Waals surface area contributed by atoms with E-state index in [0.717, 1.165) is 77.0 Å². The molecule has 376 valence electrons. The maximum absolute atomic E-state index is 12.8. The van der Waals surface area contributed by atoms with E-state index in [9.17, 15) is 14.4 Å². The third-order valence-electron chi connectivity index (χ3n) is 12.7. The average molecular weight is 901 g/mol. The van der Waals surface area contributed by atoms with Gasteiger partial charge in [0, 0.05) is 19.3 Å². The third-order valence-corrected chi connectivity index (χ3v) is 12.7. The maximum Gasteiger partial charge on any atom is 0.306 e. The molecular formula is C58H108O6. The summed E-state index contributed by atoms with van der Waals surface area (Å²) in [5, 5.41) is 0. The highest BCUT2D eigenvalue weighted by molar-refractivity contribution is 5.71. The highest BCUT2D eigenvalue weighted by Crippen LogP contribution is 2.17. The van der Waals surface area contributed by atoms with Crippen LogP contribution in [0.3, 0.4) is 0 Å². The summed E-state index contributed by atoms with van der Waals surface area (Å²) in [7, 11) is 0. The summed E-state index contributed by atoms with van der Waals surface area (Å²) in [5.41, 5.74) is 0. The van der Waals surface area contributed by atoms with Crippen LogP contribution in [-0.4, -0.2) is 37.2 Å². The van der Waals surface area contributed by atoms with Crippen molar-refractivity contribution in [2.75, 3.05) is 13.2 Å². The number of rotatable bonds is 52. The molecule has 64 heavy (non-hydrogen) atoms. The standard InChI is InChI=1S/C58H108O6/c1-4-7-10-13-16-19-21-23-25-26-27-28-29-30-31-32-34-35-37-39-42-45-48-51-57(60)63-54-55(53-62-56(59)50-47-44-41-18-15-12-9-6-3)64-58(61)52-49-46-43-40-38-36-33-24-22-20-17-14-11-8-5-2/h17,20,24,33,55H,4-16,18-19,21-23,25-32,34-54H2,1-3H3/b20-17-,33-24-. The van der Waals surface area contributed by atoms with Crippen molar-refractivity contribution in [2.45, 2.75) is 316 Å². The summed E-state index contributed by atoms with van der Waals surface area (Å²) >= 11 is 0. The number of carbonyl (C=O) groups is 3. The van der Waals surface area contributed by atoms with Gasteiger partial charge in [-0.3, -0.25) is 14.4 Å². The van der Waals surface area contributed by atoms with E-state index in [1.807, 2.05) is 0 Å². The number of ether oxygens (including phenoxy) is 3. The lowest BCUT2D eigenvalue weighted by Gasteiger charge is -2.18. The van der Waals surface area contributed by atoms with Gasteiger partial charge < -0.3 is 14.2 Å². The van der Waals surface area contributed by atoms with Gasteiger partial charge in [0.05, 0.1) is 0 Å². The number of allylic oxidation sites excluding steroid dienone is 4. The molecule has 0 aliphatic heterocycles. The van der Waals surface area contributed by atoms with E-state index in [1.54, 1.807) is 0 Å². The Labute approximate surface area is 398 Å². The number of hydrogen-bond acceptors (Lipinski definition) is 6. The van der Waals surface area contributed by atoms with Crippen LogP contribution >= 0.6 is 0 Å². The Kier molecular flexibility index (Phi) is 51.7. The fourth-order valence-electron chi connectivity index (χ4n) is 8.42. The number of carbonyl (C=O) groups excluding carboxylic acids is 3. The van der Waals surface area contributed by atoms with Crippen LogP contribution < -0.4 is 0 Å². The number of esters is 3. The fraction of sp³-hybridized carbons (Fsp3) is 0.879. The van der Waals surface area contributed by atoms with Crippen molar-refractivity contribution in [1.29, 1.82) is 0 Å². The molecule has 0 radical (unpaired) electrons. The molecule has 0 aromatic heterocycles. The van der Waals surface area contributed by atoms with Crippen LogP contribution in [0.1, 0.15) is 310 Å². The van der Waals surface area contributed by atoms with Gasteiger partial charge in [-0.25, -0.2) is 0 Å². The van der Waals surface area contributed by atoms with Gasteiger partial charge in [-0.1, -0.05) is 263 Å². The maximum atomic E-state index is 12.8. The Balaban J connectivity index is 4.16. The number of hydrogen-bond donors (Lipinski definition) is 0. The molecule has 0 saturated carbocycles. The minimum Gasteiger partial charge on any atom is -0.462 e. The molecule has 0 fully saturated rings. The molecule has 1 atom stereocenters. The quantitative estimate of drug-likeness (QED) is 0.0262. The van der Waals surface area contributed by atoms with Crippen LogP contribution in [0.15, 0.2) is 24.3 Å². The van der Waals surface area contributed by atoms with Crippen LogP contribution in [-0.2, 0) is 28.6 Å². The van der Waals surface area contributed by atoms with E-state index in [4.69, 9.17) is 14.2 Å². The molecule has 0 bridgehead atoms. The Bertz CT molecular complexity index is 1040. The average Bonchev–Trinajstić information content (AvgIpc) is 3.29. The number of unbranched alkanes of at least 4 members (excludes halogenated alkanes) is 37. The Hall–Kier alpha value is -2.11. The molecule has 0 aromatic rings. The van der Waals surface area contributed by atoms with E-state index in [0.29, 0.717) is 19.3 Å². The lowest BCUT2D eigenvalue weighted by atomic mass is 10.0. The van der Waals surface area contributed by atoms with Gasteiger partial charge >= 0.3 is 17.9 Å². The van der Waals surface area contributed by atoms with Crippen LogP contribution in [0, 0.1) is 0 Å². The molecule has 0 aliphatic rings. The molecule has 0 heterocycles. The zero-order chi connectivity index (χ0) is 46.5. The van der Waals surface area contributed by atoms with Crippen molar-refractivity contribution in [3.8, 4) is 0 Å². The van der Waals surface area contributed by atoms with Gasteiger partial charge in [-0.15, -0.1) is 0 Å².